The Morgan fingerprint density at radius 1 is 1.59 bits per heavy atom. The van der Waals surface area contributed by atoms with E-state index in [-0.39, 0.29) is 5.78 Å². The third-order valence-corrected chi connectivity index (χ3v) is 4.78. The number of carbonyl (C=O) groups is 1. The van der Waals surface area contributed by atoms with Crippen molar-refractivity contribution in [1.29, 1.82) is 0 Å². The molecule has 1 heterocycles. The molecule has 4 heteroatoms. The van der Waals surface area contributed by atoms with Crippen molar-refractivity contribution in [2.45, 2.75) is 33.1 Å². The monoisotopic (exact) mass is 252 g/mol. The zero-order valence-corrected chi connectivity index (χ0v) is 11.3. The molecule has 0 spiro atoms. The molecule has 1 aliphatic carbocycles. The molecule has 17 heavy (non-hydrogen) atoms. The fourth-order valence-corrected chi connectivity index (χ4v) is 3.23. The Balaban J connectivity index is 2.12. The highest BCUT2D eigenvalue weighted by atomic mass is 32.1. The molecule has 0 bridgehead atoms. The number of hydrogen-bond acceptors (Lipinski definition) is 4. The average Bonchev–Trinajstić information content (AvgIpc) is 2.59. The van der Waals surface area contributed by atoms with Crippen LogP contribution in [0.2, 0.25) is 0 Å². The molecule has 1 saturated carbocycles. The van der Waals surface area contributed by atoms with Gasteiger partial charge in [-0.1, -0.05) is 6.42 Å². The number of anilines is 2. The van der Waals surface area contributed by atoms with Crippen LogP contribution in [-0.2, 0) is 0 Å². The highest BCUT2D eigenvalue weighted by molar-refractivity contribution is 7.18. The van der Waals surface area contributed by atoms with Gasteiger partial charge in [-0.2, -0.15) is 0 Å². The average molecular weight is 252 g/mol. The van der Waals surface area contributed by atoms with E-state index in [2.05, 4.69) is 11.8 Å². The van der Waals surface area contributed by atoms with Crippen molar-refractivity contribution in [1.82, 2.24) is 0 Å². The van der Waals surface area contributed by atoms with Crippen LogP contribution < -0.4 is 10.6 Å². The summed E-state index contributed by atoms with van der Waals surface area (Å²) in [6, 6.07) is 1.95. The van der Waals surface area contributed by atoms with Gasteiger partial charge in [0, 0.05) is 20.0 Å². The summed E-state index contributed by atoms with van der Waals surface area (Å²) in [5.74, 6) is 0.900. The van der Waals surface area contributed by atoms with Gasteiger partial charge in [0.1, 0.15) is 0 Å². The summed E-state index contributed by atoms with van der Waals surface area (Å²) in [4.78, 5) is 14.4. The summed E-state index contributed by atoms with van der Waals surface area (Å²) in [5.41, 5.74) is 6.50. The van der Waals surface area contributed by atoms with E-state index in [0.717, 1.165) is 24.0 Å². The molecule has 1 aromatic rings. The first-order valence-electron chi connectivity index (χ1n) is 6.27. The fourth-order valence-electron chi connectivity index (χ4n) is 2.18. The van der Waals surface area contributed by atoms with Crippen molar-refractivity contribution < 1.29 is 4.79 Å². The minimum absolute atomic E-state index is 0.0680. The SMILES string of the molecule is CCN(CC1CCC1)c1cc(N)c(C(C)=O)s1. The van der Waals surface area contributed by atoms with Crippen LogP contribution >= 0.6 is 11.3 Å². The Bertz CT molecular complexity index is 410. The number of Topliss-reactive ketones (excluding diaryl/α,β-unsaturated/α-hetero) is 1. The van der Waals surface area contributed by atoms with Crippen molar-refractivity contribution in [3.8, 4) is 0 Å². The summed E-state index contributed by atoms with van der Waals surface area (Å²) in [5, 5.41) is 1.14. The zero-order valence-electron chi connectivity index (χ0n) is 10.5. The van der Waals surface area contributed by atoms with E-state index in [9.17, 15) is 4.79 Å². The second-order valence-corrected chi connectivity index (χ2v) is 5.79. The highest BCUT2D eigenvalue weighted by Crippen LogP contribution is 2.35. The van der Waals surface area contributed by atoms with Crippen LogP contribution in [0.3, 0.4) is 0 Å². The molecule has 0 atom stereocenters. The third kappa shape index (κ3) is 2.63. The van der Waals surface area contributed by atoms with E-state index in [0.29, 0.717) is 10.6 Å². The van der Waals surface area contributed by atoms with Crippen molar-refractivity contribution in [2.24, 2.45) is 5.92 Å². The molecule has 1 aliphatic rings. The predicted octanol–water partition coefficient (Wildman–Crippen LogP) is 3.16. The Morgan fingerprint density at radius 2 is 2.29 bits per heavy atom. The number of nitrogens with two attached hydrogens (primary N) is 1. The summed E-state index contributed by atoms with van der Waals surface area (Å²) in [6.45, 7) is 5.82. The first-order valence-corrected chi connectivity index (χ1v) is 7.08. The second-order valence-electron chi connectivity index (χ2n) is 4.76. The first kappa shape index (κ1) is 12.4. The maximum Gasteiger partial charge on any atom is 0.171 e. The van der Waals surface area contributed by atoms with Gasteiger partial charge in [0.05, 0.1) is 15.6 Å². The molecule has 1 aromatic heterocycles. The van der Waals surface area contributed by atoms with E-state index < -0.39 is 0 Å². The molecular weight excluding hydrogens is 232 g/mol. The van der Waals surface area contributed by atoms with Gasteiger partial charge < -0.3 is 10.6 Å². The summed E-state index contributed by atoms with van der Waals surface area (Å²) in [6.07, 6.45) is 4.06. The molecule has 0 saturated heterocycles. The quantitative estimate of drug-likeness (QED) is 0.819. The Labute approximate surface area is 107 Å². The van der Waals surface area contributed by atoms with E-state index in [1.807, 2.05) is 6.07 Å². The van der Waals surface area contributed by atoms with E-state index in [4.69, 9.17) is 5.73 Å². The van der Waals surface area contributed by atoms with E-state index >= 15 is 0 Å². The molecule has 0 aromatic carbocycles. The molecule has 94 valence electrons. The number of hydrogen-bond donors (Lipinski definition) is 1. The number of ketones is 1. The van der Waals surface area contributed by atoms with Gasteiger partial charge in [0.25, 0.3) is 0 Å². The standard InChI is InChI=1S/C13H20N2OS/c1-3-15(8-10-5-4-6-10)12-7-11(14)13(17-12)9(2)16/h7,10H,3-6,8,14H2,1-2H3. The Morgan fingerprint density at radius 3 is 2.71 bits per heavy atom. The van der Waals surface area contributed by atoms with Crippen LogP contribution in [0.25, 0.3) is 0 Å². The van der Waals surface area contributed by atoms with Crippen LogP contribution in [-0.4, -0.2) is 18.9 Å². The third-order valence-electron chi connectivity index (χ3n) is 3.46. The van der Waals surface area contributed by atoms with Crippen LogP contribution in [0.5, 0.6) is 0 Å². The predicted molar refractivity (Wildman–Crippen MR) is 74.0 cm³/mol. The van der Waals surface area contributed by atoms with Crippen LogP contribution in [0.4, 0.5) is 10.7 Å². The van der Waals surface area contributed by atoms with Gasteiger partial charge in [-0.25, -0.2) is 0 Å². The van der Waals surface area contributed by atoms with Crippen molar-refractivity contribution in [3.63, 3.8) is 0 Å². The van der Waals surface area contributed by atoms with Crippen molar-refractivity contribution in [2.75, 3.05) is 23.7 Å². The highest BCUT2D eigenvalue weighted by Gasteiger charge is 2.22. The Kier molecular flexibility index (Phi) is 3.72. The van der Waals surface area contributed by atoms with Gasteiger partial charge >= 0.3 is 0 Å². The number of carbonyl (C=O) groups excluding carboxylic acids is 1. The molecule has 0 aliphatic heterocycles. The van der Waals surface area contributed by atoms with Crippen molar-refractivity contribution in [3.05, 3.63) is 10.9 Å². The fraction of sp³-hybridized carbons (Fsp3) is 0.615. The molecule has 0 unspecified atom stereocenters. The number of nitrogen functional groups attached to an aromatic ring is 1. The van der Waals surface area contributed by atoms with Gasteiger partial charge in [0.15, 0.2) is 5.78 Å². The molecular formula is C13H20N2OS. The summed E-state index contributed by atoms with van der Waals surface area (Å²) in [7, 11) is 0. The van der Waals surface area contributed by atoms with Gasteiger partial charge in [-0.3, -0.25) is 4.79 Å². The lowest BCUT2D eigenvalue weighted by molar-refractivity contribution is 0.102. The molecule has 2 N–H and O–H groups in total. The lowest BCUT2D eigenvalue weighted by atomic mass is 9.85. The molecule has 1 fully saturated rings. The lowest BCUT2D eigenvalue weighted by Crippen LogP contribution is -2.31. The van der Waals surface area contributed by atoms with Gasteiger partial charge in [0.2, 0.25) is 0 Å². The number of nitrogens with zero attached hydrogens (tertiary/aromatic N) is 1. The molecule has 0 amide bonds. The maximum absolute atomic E-state index is 11.4. The van der Waals surface area contributed by atoms with E-state index in [1.54, 1.807) is 6.92 Å². The first-order chi connectivity index (χ1) is 8.11. The summed E-state index contributed by atoms with van der Waals surface area (Å²) < 4.78 is 0. The van der Waals surface area contributed by atoms with Crippen LogP contribution in [0, 0.1) is 5.92 Å². The topological polar surface area (TPSA) is 46.3 Å². The van der Waals surface area contributed by atoms with Crippen molar-refractivity contribution >= 4 is 27.8 Å². The Hall–Kier alpha value is -1.03. The second kappa shape index (κ2) is 5.08. The molecule has 2 rings (SSSR count). The minimum atomic E-state index is 0.0680. The summed E-state index contributed by atoms with van der Waals surface area (Å²) >= 11 is 1.53. The largest absolute Gasteiger partial charge is 0.397 e. The molecule has 0 radical (unpaired) electrons. The van der Waals surface area contributed by atoms with Gasteiger partial charge in [-0.05, 0) is 31.7 Å². The zero-order chi connectivity index (χ0) is 12.4. The number of thiophene rings is 1. The van der Waals surface area contributed by atoms with Gasteiger partial charge in [-0.15, -0.1) is 11.3 Å². The van der Waals surface area contributed by atoms with Crippen LogP contribution in [0.1, 0.15) is 42.8 Å². The normalized spacial score (nSPS) is 15.6. The van der Waals surface area contributed by atoms with E-state index in [1.165, 1.54) is 30.6 Å². The minimum Gasteiger partial charge on any atom is -0.397 e. The lowest BCUT2D eigenvalue weighted by Gasteiger charge is -2.32. The smallest absolute Gasteiger partial charge is 0.171 e. The maximum atomic E-state index is 11.4. The molecule has 3 nitrogen and oxygen atoms in total. The number of rotatable bonds is 5. The van der Waals surface area contributed by atoms with Crippen LogP contribution in [0.15, 0.2) is 6.07 Å².